The lowest BCUT2D eigenvalue weighted by atomic mass is 9.96. The van der Waals surface area contributed by atoms with Crippen LogP contribution in [-0.4, -0.2) is 27.5 Å². The van der Waals surface area contributed by atoms with Gasteiger partial charge in [-0.1, -0.05) is 6.07 Å². The van der Waals surface area contributed by atoms with Crippen LogP contribution in [0.3, 0.4) is 0 Å². The van der Waals surface area contributed by atoms with Crippen molar-refractivity contribution in [1.29, 1.82) is 0 Å². The number of phenols is 1. The molecule has 0 fully saturated rings. The molecular weight excluding hydrogens is 184 g/mol. The molecule has 1 aromatic rings. The lowest BCUT2D eigenvalue weighted by molar-refractivity contribution is -0.0625. The highest BCUT2D eigenvalue weighted by molar-refractivity contribution is 5.47. The summed E-state index contributed by atoms with van der Waals surface area (Å²) in [7, 11) is 0. The van der Waals surface area contributed by atoms with Crippen LogP contribution in [0.5, 0.6) is 11.5 Å². The third-order valence-electron chi connectivity index (χ3n) is 2.46. The molecule has 4 nitrogen and oxygen atoms in total. The van der Waals surface area contributed by atoms with E-state index in [9.17, 15) is 15.3 Å². The van der Waals surface area contributed by atoms with E-state index in [4.69, 9.17) is 4.74 Å². The molecule has 0 saturated heterocycles. The van der Waals surface area contributed by atoms with Crippen LogP contribution in [0, 0.1) is 0 Å². The Morgan fingerprint density at radius 1 is 1.29 bits per heavy atom. The molecule has 0 aliphatic carbocycles. The van der Waals surface area contributed by atoms with E-state index in [1.807, 2.05) is 0 Å². The van der Waals surface area contributed by atoms with Crippen molar-refractivity contribution in [3.8, 4) is 11.5 Å². The summed E-state index contributed by atoms with van der Waals surface area (Å²) < 4.78 is 5.33. The van der Waals surface area contributed by atoms with Gasteiger partial charge >= 0.3 is 0 Å². The summed E-state index contributed by atoms with van der Waals surface area (Å²) in [4.78, 5) is 0. The fraction of sp³-hybridized carbons (Fsp3) is 0.400. The quantitative estimate of drug-likeness (QED) is 0.567. The fourth-order valence-electron chi connectivity index (χ4n) is 1.63. The summed E-state index contributed by atoms with van der Waals surface area (Å²) >= 11 is 0. The molecule has 0 bridgehead atoms. The molecule has 3 unspecified atom stereocenters. The Bertz CT molecular complexity index is 350. The highest BCUT2D eigenvalue weighted by Gasteiger charge is 2.35. The topological polar surface area (TPSA) is 69.9 Å². The first-order valence-corrected chi connectivity index (χ1v) is 4.46. The van der Waals surface area contributed by atoms with E-state index in [2.05, 4.69) is 0 Å². The van der Waals surface area contributed by atoms with Gasteiger partial charge in [0.1, 0.15) is 29.8 Å². The van der Waals surface area contributed by atoms with Crippen LogP contribution in [0.4, 0.5) is 0 Å². The summed E-state index contributed by atoms with van der Waals surface area (Å²) in [5.41, 5.74) is 0.262. The maximum Gasteiger partial charge on any atom is 0.129 e. The van der Waals surface area contributed by atoms with Gasteiger partial charge in [0.25, 0.3) is 0 Å². The number of benzene rings is 1. The average Bonchev–Trinajstić information content (AvgIpc) is 2.14. The van der Waals surface area contributed by atoms with Crippen molar-refractivity contribution in [1.82, 2.24) is 0 Å². The van der Waals surface area contributed by atoms with Crippen molar-refractivity contribution in [3.05, 3.63) is 23.8 Å². The third-order valence-corrected chi connectivity index (χ3v) is 2.46. The van der Waals surface area contributed by atoms with Crippen LogP contribution in [-0.2, 0) is 0 Å². The first kappa shape index (κ1) is 9.30. The predicted molar refractivity (Wildman–Crippen MR) is 49.2 cm³/mol. The Hall–Kier alpha value is -1.26. The molecule has 1 aromatic carbocycles. The fourth-order valence-corrected chi connectivity index (χ4v) is 1.63. The summed E-state index contributed by atoms with van der Waals surface area (Å²) in [6.45, 7) is 1.67. The third kappa shape index (κ3) is 1.23. The zero-order valence-electron chi connectivity index (χ0n) is 7.71. The van der Waals surface area contributed by atoms with Crippen molar-refractivity contribution < 1.29 is 20.1 Å². The SMILES string of the molecule is CC1Oc2cccc(O)c2C(O)C1O. The van der Waals surface area contributed by atoms with E-state index in [1.54, 1.807) is 19.1 Å². The number of rotatable bonds is 0. The Kier molecular flexibility index (Phi) is 2.09. The van der Waals surface area contributed by atoms with Gasteiger partial charge in [0.2, 0.25) is 0 Å². The second-order valence-electron chi connectivity index (χ2n) is 3.45. The predicted octanol–water partition coefficient (Wildman–Crippen LogP) is 0.567. The van der Waals surface area contributed by atoms with E-state index in [0.29, 0.717) is 5.75 Å². The number of aliphatic hydroxyl groups is 2. The van der Waals surface area contributed by atoms with Crippen molar-refractivity contribution in [2.24, 2.45) is 0 Å². The Balaban J connectivity index is 2.51. The van der Waals surface area contributed by atoms with Gasteiger partial charge < -0.3 is 20.1 Å². The van der Waals surface area contributed by atoms with Crippen LogP contribution in [0.2, 0.25) is 0 Å². The highest BCUT2D eigenvalue weighted by atomic mass is 16.5. The number of aliphatic hydroxyl groups excluding tert-OH is 2. The second kappa shape index (κ2) is 3.15. The number of fused-ring (bicyclic) bond motifs is 1. The molecule has 3 N–H and O–H groups in total. The lowest BCUT2D eigenvalue weighted by Crippen LogP contribution is -2.38. The zero-order valence-corrected chi connectivity index (χ0v) is 7.71. The van der Waals surface area contributed by atoms with Crippen LogP contribution in [0.25, 0.3) is 0 Å². The van der Waals surface area contributed by atoms with Gasteiger partial charge in [0.15, 0.2) is 0 Å². The Labute approximate surface area is 81.4 Å². The number of phenolic OH excluding ortho intramolecular Hbond substituents is 1. The van der Waals surface area contributed by atoms with Crippen molar-refractivity contribution in [2.45, 2.75) is 25.2 Å². The minimum absolute atomic E-state index is 0.0547. The van der Waals surface area contributed by atoms with Crippen molar-refractivity contribution >= 4 is 0 Å². The molecule has 0 aromatic heterocycles. The first-order chi connectivity index (χ1) is 6.61. The van der Waals surface area contributed by atoms with Crippen LogP contribution >= 0.6 is 0 Å². The second-order valence-corrected chi connectivity index (χ2v) is 3.45. The van der Waals surface area contributed by atoms with Gasteiger partial charge in [-0.15, -0.1) is 0 Å². The smallest absolute Gasteiger partial charge is 0.129 e. The molecule has 1 heterocycles. The summed E-state index contributed by atoms with van der Waals surface area (Å²) in [6, 6.07) is 4.74. The number of aromatic hydroxyl groups is 1. The van der Waals surface area contributed by atoms with Gasteiger partial charge in [-0.3, -0.25) is 0 Å². The van der Waals surface area contributed by atoms with E-state index >= 15 is 0 Å². The molecule has 0 radical (unpaired) electrons. The van der Waals surface area contributed by atoms with Crippen LogP contribution in [0.1, 0.15) is 18.6 Å². The zero-order chi connectivity index (χ0) is 10.3. The summed E-state index contributed by atoms with van der Waals surface area (Å²) in [5, 5.41) is 28.7. The van der Waals surface area contributed by atoms with Crippen molar-refractivity contribution in [3.63, 3.8) is 0 Å². The maximum absolute atomic E-state index is 9.69. The molecule has 76 valence electrons. The number of ether oxygens (including phenoxy) is 1. The molecular formula is C10H12O4. The molecule has 1 aliphatic rings. The van der Waals surface area contributed by atoms with Crippen molar-refractivity contribution in [2.75, 3.05) is 0 Å². The average molecular weight is 196 g/mol. The van der Waals surface area contributed by atoms with E-state index in [0.717, 1.165) is 0 Å². The molecule has 14 heavy (non-hydrogen) atoms. The van der Waals surface area contributed by atoms with Gasteiger partial charge in [-0.2, -0.15) is 0 Å². The molecule has 3 atom stereocenters. The van der Waals surface area contributed by atoms with E-state index in [1.165, 1.54) is 6.07 Å². The Morgan fingerprint density at radius 2 is 2.00 bits per heavy atom. The van der Waals surface area contributed by atoms with Gasteiger partial charge in [-0.25, -0.2) is 0 Å². The van der Waals surface area contributed by atoms with Gasteiger partial charge in [-0.05, 0) is 19.1 Å². The first-order valence-electron chi connectivity index (χ1n) is 4.46. The monoisotopic (exact) mass is 196 g/mol. The number of hydrogen-bond donors (Lipinski definition) is 3. The van der Waals surface area contributed by atoms with Crippen LogP contribution < -0.4 is 4.74 Å². The molecule has 0 spiro atoms. The molecule has 0 amide bonds. The van der Waals surface area contributed by atoms with E-state index in [-0.39, 0.29) is 11.3 Å². The van der Waals surface area contributed by atoms with Crippen LogP contribution in [0.15, 0.2) is 18.2 Å². The summed E-state index contributed by atoms with van der Waals surface area (Å²) in [6.07, 6.45) is -2.56. The highest BCUT2D eigenvalue weighted by Crippen LogP contribution is 2.40. The maximum atomic E-state index is 9.69. The minimum atomic E-state index is -1.09. The number of hydrogen-bond acceptors (Lipinski definition) is 4. The normalized spacial score (nSPS) is 30.6. The largest absolute Gasteiger partial charge is 0.507 e. The van der Waals surface area contributed by atoms with Gasteiger partial charge in [0, 0.05) is 0 Å². The standard InChI is InChI=1S/C10H12O4/c1-5-9(12)10(13)8-6(11)3-2-4-7(8)14-5/h2-5,9-13H,1H3. The van der Waals surface area contributed by atoms with E-state index < -0.39 is 18.3 Å². The lowest BCUT2D eigenvalue weighted by Gasteiger charge is -2.32. The molecule has 0 saturated carbocycles. The molecule has 1 aliphatic heterocycles. The minimum Gasteiger partial charge on any atom is -0.507 e. The molecule has 2 rings (SSSR count). The molecule has 4 heteroatoms. The van der Waals surface area contributed by atoms with Gasteiger partial charge in [0.05, 0.1) is 5.56 Å². The Morgan fingerprint density at radius 3 is 2.71 bits per heavy atom. The summed E-state index contributed by atoms with van der Waals surface area (Å²) in [5.74, 6) is 0.372.